The molecular weight excluding hydrogens is 380 g/mol. The van der Waals surface area contributed by atoms with E-state index < -0.39 is 0 Å². The number of thioether (sulfide) groups is 1. The minimum Gasteiger partial charge on any atom is -0.356 e. The van der Waals surface area contributed by atoms with Gasteiger partial charge in [-0.3, -0.25) is 4.79 Å². The summed E-state index contributed by atoms with van der Waals surface area (Å²) in [6, 6.07) is 14.6. The highest BCUT2D eigenvalue weighted by Gasteiger charge is 2.24. The van der Waals surface area contributed by atoms with Crippen LogP contribution in [-0.2, 0) is 16.0 Å². The lowest BCUT2D eigenvalue weighted by atomic mass is 10.0. The van der Waals surface area contributed by atoms with Gasteiger partial charge in [-0.15, -0.1) is 11.8 Å². The molecule has 0 saturated carbocycles. The van der Waals surface area contributed by atoms with Gasteiger partial charge in [0, 0.05) is 19.2 Å². The monoisotopic (exact) mass is 410 g/mol. The molecule has 1 atom stereocenters. The number of benzene rings is 2. The molecule has 1 aliphatic rings. The largest absolute Gasteiger partial charge is 0.356 e. The van der Waals surface area contributed by atoms with E-state index in [1.165, 1.54) is 16.3 Å². The Balaban J connectivity index is 1.52. The lowest BCUT2D eigenvalue weighted by molar-refractivity contribution is -0.125. The van der Waals surface area contributed by atoms with Crippen molar-refractivity contribution in [2.75, 3.05) is 12.4 Å². The fraction of sp³-hybridized carbons (Fsp3) is 0.417. The quantitative estimate of drug-likeness (QED) is 0.536. The first-order valence-electron chi connectivity index (χ1n) is 10.4. The third-order valence-corrected chi connectivity index (χ3v) is 6.12. The topological polar surface area (TPSA) is 49.4 Å². The van der Waals surface area contributed by atoms with Gasteiger partial charge >= 0.3 is 0 Å². The number of fused-ring (bicyclic) bond motifs is 1. The van der Waals surface area contributed by atoms with E-state index in [2.05, 4.69) is 52.7 Å². The Labute approximate surface area is 177 Å². The van der Waals surface area contributed by atoms with Gasteiger partial charge in [0.1, 0.15) is 11.8 Å². The molecule has 0 aromatic heterocycles. The summed E-state index contributed by atoms with van der Waals surface area (Å²) >= 11 is 1.72. The van der Waals surface area contributed by atoms with Gasteiger partial charge in [0.25, 0.3) is 0 Å². The Morgan fingerprint density at radius 2 is 1.93 bits per heavy atom. The van der Waals surface area contributed by atoms with Crippen LogP contribution in [0.3, 0.4) is 0 Å². The fourth-order valence-electron chi connectivity index (χ4n) is 3.77. The highest BCUT2D eigenvalue weighted by atomic mass is 32.2. The summed E-state index contributed by atoms with van der Waals surface area (Å²) in [6.45, 7) is 2.27. The fourth-order valence-corrected chi connectivity index (χ4v) is 4.54. The molecule has 0 fully saturated rings. The van der Waals surface area contributed by atoms with Crippen molar-refractivity contribution in [1.29, 1.82) is 0 Å². The van der Waals surface area contributed by atoms with E-state index in [0.29, 0.717) is 13.0 Å². The number of rotatable bonds is 11. The van der Waals surface area contributed by atoms with E-state index in [1.807, 2.05) is 11.6 Å². The number of ketones is 1. The van der Waals surface area contributed by atoms with Crippen LogP contribution in [0.1, 0.15) is 44.6 Å². The van der Waals surface area contributed by atoms with Crippen molar-refractivity contribution in [2.45, 2.75) is 51.5 Å². The van der Waals surface area contributed by atoms with Gasteiger partial charge in [0.2, 0.25) is 5.91 Å². The molecule has 4 nitrogen and oxygen atoms in total. The average molecular weight is 411 g/mol. The van der Waals surface area contributed by atoms with Crippen molar-refractivity contribution >= 4 is 34.2 Å². The van der Waals surface area contributed by atoms with E-state index >= 15 is 0 Å². The van der Waals surface area contributed by atoms with Crippen LogP contribution < -0.4 is 5.32 Å². The molecule has 0 bridgehead atoms. The first-order valence-corrected chi connectivity index (χ1v) is 11.5. The number of hydrogen-bond donors (Lipinski definition) is 1. The number of nitrogens with one attached hydrogen (secondary N) is 1. The predicted molar refractivity (Wildman–Crippen MR) is 122 cm³/mol. The zero-order valence-electron chi connectivity index (χ0n) is 17.1. The molecule has 5 heteroatoms. The van der Waals surface area contributed by atoms with Crippen LogP contribution in [-0.4, -0.2) is 35.1 Å². The van der Waals surface area contributed by atoms with Crippen LogP contribution in [0, 0.1) is 0 Å². The van der Waals surface area contributed by atoms with E-state index in [-0.39, 0.29) is 17.7 Å². The van der Waals surface area contributed by atoms with Crippen LogP contribution in [0.2, 0.25) is 0 Å². The molecule has 2 aromatic rings. The Hall–Kier alpha value is -2.27. The summed E-state index contributed by atoms with van der Waals surface area (Å²) < 4.78 is 0. The second-order valence-corrected chi connectivity index (χ2v) is 8.46. The first-order chi connectivity index (χ1) is 14.1. The van der Waals surface area contributed by atoms with Crippen LogP contribution in [0.5, 0.6) is 0 Å². The van der Waals surface area contributed by atoms with Gasteiger partial charge in [-0.2, -0.15) is 0 Å². The number of Topliss-reactive ketones (excluding diaryl/α,β-unsaturated/α-hetero) is 1. The number of hydrogen-bond acceptors (Lipinski definition) is 4. The van der Waals surface area contributed by atoms with Gasteiger partial charge < -0.3 is 15.0 Å². The van der Waals surface area contributed by atoms with Gasteiger partial charge in [-0.05, 0) is 47.9 Å². The highest BCUT2D eigenvalue weighted by Crippen LogP contribution is 2.22. The average Bonchev–Trinajstić information content (AvgIpc) is 3.25. The summed E-state index contributed by atoms with van der Waals surface area (Å²) in [6.07, 6.45) is 7.17. The molecule has 1 amide bonds. The molecule has 0 radical (unpaired) electrons. The number of carbonyl (C=O) groups is 2. The van der Waals surface area contributed by atoms with E-state index in [9.17, 15) is 9.59 Å². The SMILES string of the molecule is CC(=O)CCCCC[C@@H](C(=O)NCCc1cccc2ccccc12)N1C=CSC1. The Kier molecular flexibility index (Phi) is 8.17. The lowest BCUT2D eigenvalue weighted by Gasteiger charge is -2.26. The van der Waals surface area contributed by atoms with Crippen molar-refractivity contribution < 1.29 is 9.59 Å². The van der Waals surface area contributed by atoms with E-state index in [0.717, 1.165) is 38.0 Å². The van der Waals surface area contributed by atoms with E-state index in [1.54, 1.807) is 18.7 Å². The molecule has 0 spiro atoms. The molecule has 1 N–H and O–H groups in total. The molecule has 154 valence electrons. The minimum atomic E-state index is -0.133. The smallest absolute Gasteiger partial charge is 0.242 e. The minimum absolute atomic E-state index is 0.101. The normalized spacial score (nSPS) is 14.3. The van der Waals surface area contributed by atoms with Crippen molar-refractivity contribution in [3.63, 3.8) is 0 Å². The summed E-state index contributed by atoms with van der Waals surface area (Å²) in [5.74, 6) is 1.17. The third kappa shape index (κ3) is 6.36. The van der Waals surface area contributed by atoms with Gasteiger partial charge in [0.15, 0.2) is 0 Å². The predicted octanol–water partition coefficient (Wildman–Crippen LogP) is 4.88. The Bertz CT molecular complexity index is 860. The first kappa shape index (κ1) is 21.4. The van der Waals surface area contributed by atoms with Crippen molar-refractivity contribution in [2.24, 2.45) is 0 Å². The zero-order chi connectivity index (χ0) is 20.5. The maximum Gasteiger partial charge on any atom is 0.242 e. The molecule has 29 heavy (non-hydrogen) atoms. The molecule has 0 aliphatic carbocycles. The Morgan fingerprint density at radius 3 is 2.72 bits per heavy atom. The molecular formula is C24H30N2O2S. The van der Waals surface area contributed by atoms with Gasteiger partial charge in [0.05, 0.1) is 5.88 Å². The number of amides is 1. The standard InChI is InChI=1S/C24H30N2O2S/c1-19(27)8-3-2-4-13-23(26-16-17-29-18-26)24(28)25-15-14-21-11-7-10-20-9-5-6-12-22(20)21/h5-7,9-12,16-17,23H,2-4,8,13-15,18H2,1H3,(H,25,28)/t23-/m0/s1. The van der Waals surface area contributed by atoms with Crippen LogP contribution >= 0.6 is 11.8 Å². The van der Waals surface area contributed by atoms with Gasteiger partial charge in [-0.1, -0.05) is 55.3 Å². The molecule has 1 aliphatic heterocycles. The zero-order valence-corrected chi connectivity index (χ0v) is 17.9. The summed E-state index contributed by atoms with van der Waals surface area (Å²) in [7, 11) is 0. The number of unbranched alkanes of at least 4 members (excludes halogenated alkanes) is 2. The van der Waals surface area contributed by atoms with Crippen molar-refractivity contribution in [3.05, 3.63) is 59.6 Å². The Morgan fingerprint density at radius 1 is 1.10 bits per heavy atom. The molecule has 3 rings (SSSR count). The van der Waals surface area contributed by atoms with Crippen molar-refractivity contribution in [3.8, 4) is 0 Å². The maximum atomic E-state index is 12.9. The molecule has 0 unspecified atom stereocenters. The lowest BCUT2D eigenvalue weighted by Crippen LogP contribution is -2.44. The van der Waals surface area contributed by atoms with Crippen LogP contribution in [0.25, 0.3) is 10.8 Å². The van der Waals surface area contributed by atoms with Crippen LogP contribution in [0.15, 0.2) is 54.1 Å². The second kappa shape index (κ2) is 11.1. The number of carbonyl (C=O) groups excluding carboxylic acids is 2. The molecule has 2 aromatic carbocycles. The van der Waals surface area contributed by atoms with Gasteiger partial charge in [-0.25, -0.2) is 0 Å². The maximum absolute atomic E-state index is 12.9. The third-order valence-electron chi connectivity index (χ3n) is 5.36. The molecule has 0 saturated heterocycles. The van der Waals surface area contributed by atoms with E-state index in [4.69, 9.17) is 0 Å². The summed E-state index contributed by atoms with van der Waals surface area (Å²) in [5, 5.41) is 7.69. The second-order valence-electron chi connectivity index (χ2n) is 7.59. The molecule has 1 heterocycles. The summed E-state index contributed by atoms with van der Waals surface area (Å²) in [4.78, 5) is 26.1. The van der Waals surface area contributed by atoms with Crippen LogP contribution in [0.4, 0.5) is 0 Å². The highest BCUT2D eigenvalue weighted by molar-refractivity contribution is 8.02. The number of nitrogens with zero attached hydrogens (tertiary/aromatic N) is 1. The summed E-state index contributed by atoms with van der Waals surface area (Å²) in [5.41, 5.74) is 1.26. The van der Waals surface area contributed by atoms with Crippen molar-refractivity contribution in [1.82, 2.24) is 10.2 Å².